The normalized spacial score (nSPS) is 10.6. The lowest BCUT2D eigenvalue weighted by molar-refractivity contribution is -0.118. The third-order valence-corrected chi connectivity index (χ3v) is 8.07. The molecule has 0 unspecified atom stereocenters. The van der Waals surface area contributed by atoms with Crippen LogP contribution in [-0.4, -0.2) is 55.8 Å². The number of nitrogens with one attached hydrogen (secondary N) is 1. The molecule has 0 spiro atoms. The Labute approximate surface area is 299 Å². The van der Waals surface area contributed by atoms with Crippen LogP contribution in [0.15, 0.2) is 91.0 Å². The van der Waals surface area contributed by atoms with Crippen LogP contribution in [0.3, 0.4) is 0 Å². The van der Waals surface area contributed by atoms with Gasteiger partial charge in [0.15, 0.2) is 11.5 Å². The Morgan fingerprint density at radius 1 is 0.725 bits per heavy atom. The molecule has 1 N–H and O–H groups in total. The summed E-state index contributed by atoms with van der Waals surface area (Å²) in [6.07, 6.45) is 5.86. The molecule has 4 aromatic carbocycles. The molecule has 0 saturated heterocycles. The fourth-order valence-corrected chi connectivity index (χ4v) is 5.45. The molecule has 0 aromatic heterocycles. The number of carbonyl (C=O) groups is 4. The molecule has 0 fully saturated rings. The molecule has 0 heterocycles. The summed E-state index contributed by atoms with van der Waals surface area (Å²) in [5, 5.41) is 2.84. The highest BCUT2D eigenvalue weighted by Crippen LogP contribution is 2.31. The van der Waals surface area contributed by atoms with Gasteiger partial charge in [-0.1, -0.05) is 56.9 Å². The molecule has 51 heavy (non-hydrogen) atoms. The van der Waals surface area contributed by atoms with Crippen molar-refractivity contribution in [2.75, 3.05) is 32.7 Å². The summed E-state index contributed by atoms with van der Waals surface area (Å²) in [5.74, 6) is 0.807. The van der Waals surface area contributed by atoms with Crippen LogP contribution in [0.1, 0.15) is 77.8 Å². The Balaban J connectivity index is 1.31. The van der Waals surface area contributed by atoms with Crippen molar-refractivity contribution >= 4 is 29.3 Å². The maximum atomic E-state index is 13.5. The average molecular weight is 695 g/mol. The highest BCUT2D eigenvalue weighted by molar-refractivity contribution is 5.98. The number of esters is 1. The van der Waals surface area contributed by atoms with Gasteiger partial charge >= 0.3 is 5.97 Å². The second-order valence-corrected chi connectivity index (χ2v) is 12.1. The van der Waals surface area contributed by atoms with E-state index in [1.807, 2.05) is 0 Å². The Morgan fingerprint density at radius 3 is 2.04 bits per heavy atom. The summed E-state index contributed by atoms with van der Waals surface area (Å²) in [6, 6.07) is 25.5. The van der Waals surface area contributed by atoms with E-state index >= 15 is 0 Å². The van der Waals surface area contributed by atoms with E-state index in [4.69, 9.17) is 18.9 Å². The van der Waals surface area contributed by atoms with E-state index in [0.29, 0.717) is 52.0 Å². The summed E-state index contributed by atoms with van der Waals surface area (Å²) in [6.45, 7) is 4.33. The van der Waals surface area contributed by atoms with Crippen LogP contribution >= 0.6 is 0 Å². The third kappa shape index (κ3) is 11.7. The first kappa shape index (κ1) is 38.2. The fraction of sp³-hybridized carbons (Fsp3) is 0.317. The van der Waals surface area contributed by atoms with Gasteiger partial charge in [0, 0.05) is 23.4 Å². The molecule has 10 heteroatoms. The second kappa shape index (κ2) is 19.5. The summed E-state index contributed by atoms with van der Waals surface area (Å²) in [7, 11) is 3.05. The third-order valence-electron chi connectivity index (χ3n) is 8.07. The molecule has 0 radical (unpaired) electrons. The molecule has 0 atom stereocenters. The minimum absolute atomic E-state index is 0.0628. The number of amides is 2. The number of para-hydroxylation sites is 1. The zero-order chi connectivity index (χ0) is 36.6. The fourth-order valence-electron chi connectivity index (χ4n) is 5.45. The number of rotatable bonds is 19. The van der Waals surface area contributed by atoms with E-state index < -0.39 is 5.97 Å². The Hall–Kier alpha value is -5.64. The number of carbonyl (C=O) groups excluding carboxylic acids is 4. The predicted octanol–water partition coefficient (Wildman–Crippen LogP) is 7.68. The summed E-state index contributed by atoms with van der Waals surface area (Å²) < 4.78 is 22.1. The Kier molecular flexibility index (Phi) is 14.6. The van der Waals surface area contributed by atoms with E-state index in [2.05, 4.69) is 12.2 Å². The molecule has 10 nitrogen and oxygen atoms in total. The standard InChI is InChI=1S/C41H46N2O8/c1-5-6-7-8-9-25-50-35-23-17-32(18-24-35)41(47)51-36-21-13-30(14-22-36)28-43(27-29(2)44)40(46)31-15-19-34(20-16-31)42-38(45)26-33-11-10-12-37(48-3)39(33)49-4/h10-24H,5-9,25-28H2,1-4H3,(H,42,45). The van der Waals surface area contributed by atoms with Crippen molar-refractivity contribution in [3.8, 4) is 23.0 Å². The largest absolute Gasteiger partial charge is 0.494 e. The summed E-state index contributed by atoms with van der Waals surface area (Å²) >= 11 is 0. The first-order valence-corrected chi connectivity index (χ1v) is 17.1. The van der Waals surface area contributed by atoms with Gasteiger partial charge in [0.05, 0.1) is 39.4 Å². The number of hydrogen-bond donors (Lipinski definition) is 1. The van der Waals surface area contributed by atoms with Gasteiger partial charge in [-0.3, -0.25) is 14.4 Å². The van der Waals surface area contributed by atoms with Gasteiger partial charge in [-0.15, -0.1) is 0 Å². The molecular formula is C41H46N2O8. The first-order chi connectivity index (χ1) is 24.7. The van der Waals surface area contributed by atoms with Crippen LogP contribution < -0.4 is 24.3 Å². The zero-order valence-electron chi connectivity index (χ0n) is 29.7. The van der Waals surface area contributed by atoms with Gasteiger partial charge in [-0.25, -0.2) is 4.79 Å². The lowest BCUT2D eigenvalue weighted by atomic mass is 10.1. The van der Waals surface area contributed by atoms with Crippen LogP contribution in [0.2, 0.25) is 0 Å². The van der Waals surface area contributed by atoms with E-state index in [9.17, 15) is 19.2 Å². The van der Waals surface area contributed by atoms with Crippen LogP contribution in [0, 0.1) is 0 Å². The average Bonchev–Trinajstić information content (AvgIpc) is 3.13. The van der Waals surface area contributed by atoms with Gasteiger partial charge in [0.2, 0.25) is 5.91 Å². The number of hydrogen-bond acceptors (Lipinski definition) is 8. The number of benzene rings is 4. The Morgan fingerprint density at radius 2 is 1.39 bits per heavy atom. The predicted molar refractivity (Wildman–Crippen MR) is 196 cm³/mol. The summed E-state index contributed by atoms with van der Waals surface area (Å²) in [4.78, 5) is 52.5. The highest BCUT2D eigenvalue weighted by Gasteiger charge is 2.19. The van der Waals surface area contributed by atoms with Gasteiger partial charge in [0.1, 0.15) is 17.3 Å². The van der Waals surface area contributed by atoms with Crippen molar-refractivity contribution < 1.29 is 38.1 Å². The molecule has 0 bridgehead atoms. The quantitative estimate of drug-likeness (QED) is 0.0603. The van der Waals surface area contributed by atoms with Crippen LogP contribution in [0.25, 0.3) is 0 Å². The van der Waals surface area contributed by atoms with Crippen molar-refractivity contribution in [1.29, 1.82) is 0 Å². The number of Topliss-reactive ketones (excluding diaryl/α,β-unsaturated/α-hetero) is 1. The number of ketones is 1. The lowest BCUT2D eigenvalue weighted by Crippen LogP contribution is -2.34. The number of ether oxygens (including phenoxy) is 4. The number of methoxy groups -OCH3 is 2. The summed E-state index contributed by atoms with van der Waals surface area (Å²) in [5.41, 5.74) is 2.69. The lowest BCUT2D eigenvalue weighted by Gasteiger charge is -2.22. The molecule has 4 rings (SSSR count). The van der Waals surface area contributed by atoms with E-state index in [1.54, 1.807) is 91.0 Å². The second-order valence-electron chi connectivity index (χ2n) is 12.1. The van der Waals surface area contributed by atoms with Crippen molar-refractivity contribution in [3.05, 3.63) is 113 Å². The molecule has 0 aliphatic carbocycles. The number of anilines is 1. The molecule has 2 amide bonds. The van der Waals surface area contributed by atoms with Gasteiger partial charge in [-0.05, 0) is 85.6 Å². The molecule has 268 valence electrons. The molecule has 4 aromatic rings. The molecular weight excluding hydrogens is 648 g/mol. The van der Waals surface area contributed by atoms with Crippen LogP contribution in [0.4, 0.5) is 5.69 Å². The molecule has 0 aliphatic heterocycles. The SMILES string of the molecule is CCCCCCCOc1ccc(C(=O)Oc2ccc(CN(CC(C)=O)C(=O)c3ccc(NC(=O)Cc4cccc(OC)c4OC)cc3)cc2)cc1. The van der Waals surface area contributed by atoms with E-state index in [1.165, 1.54) is 45.3 Å². The minimum Gasteiger partial charge on any atom is -0.494 e. The highest BCUT2D eigenvalue weighted by atomic mass is 16.5. The number of nitrogens with zero attached hydrogens (tertiary/aromatic N) is 1. The van der Waals surface area contributed by atoms with E-state index in [0.717, 1.165) is 18.4 Å². The first-order valence-electron chi connectivity index (χ1n) is 17.1. The van der Waals surface area contributed by atoms with Crippen molar-refractivity contribution in [3.63, 3.8) is 0 Å². The molecule has 0 aliphatic rings. The van der Waals surface area contributed by atoms with Crippen LogP contribution in [0.5, 0.6) is 23.0 Å². The monoisotopic (exact) mass is 694 g/mol. The maximum absolute atomic E-state index is 13.5. The van der Waals surface area contributed by atoms with Crippen molar-refractivity contribution in [2.45, 2.75) is 58.9 Å². The number of unbranched alkanes of at least 4 members (excludes halogenated alkanes) is 4. The minimum atomic E-state index is -0.498. The zero-order valence-corrected chi connectivity index (χ0v) is 29.7. The molecule has 0 saturated carbocycles. The van der Waals surface area contributed by atoms with Gasteiger partial charge < -0.3 is 29.2 Å². The van der Waals surface area contributed by atoms with Crippen LogP contribution in [-0.2, 0) is 22.6 Å². The van der Waals surface area contributed by atoms with Crippen molar-refractivity contribution in [2.24, 2.45) is 0 Å². The van der Waals surface area contributed by atoms with Crippen molar-refractivity contribution in [1.82, 2.24) is 4.90 Å². The van der Waals surface area contributed by atoms with E-state index in [-0.39, 0.29) is 37.1 Å². The smallest absolute Gasteiger partial charge is 0.343 e. The maximum Gasteiger partial charge on any atom is 0.343 e. The topological polar surface area (TPSA) is 120 Å². The Bertz CT molecular complexity index is 1750. The van der Waals surface area contributed by atoms with Gasteiger partial charge in [-0.2, -0.15) is 0 Å². The van der Waals surface area contributed by atoms with Gasteiger partial charge in [0.25, 0.3) is 5.91 Å².